The minimum absolute atomic E-state index is 0. The Hall–Kier alpha value is -0.670. The van der Waals surface area contributed by atoms with Crippen LogP contribution in [0.5, 0.6) is 0 Å². The highest BCUT2D eigenvalue weighted by molar-refractivity contribution is 14.0. The van der Waals surface area contributed by atoms with Crippen LogP contribution < -0.4 is 10.6 Å². The molecule has 0 bridgehead atoms. The van der Waals surface area contributed by atoms with Gasteiger partial charge in [0.2, 0.25) is 0 Å². The average molecular weight is 478 g/mol. The topological polar surface area (TPSA) is 49.3 Å². The average Bonchev–Trinajstić information content (AvgIpc) is 3.11. The van der Waals surface area contributed by atoms with Gasteiger partial charge in [0.15, 0.2) is 5.96 Å². The van der Waals surface area contributed by atoms with E-state index in [2.05, 4.69) is 60.1 Å². The molecule has 0 fully saturated rings. The van der Waals surface area contributed by atoms with Gasteiger partial charge in [-0.2, -0.15) is 0 Å². The molecule has 134 valence electrons. The van der Waals surface area contributed by atoms with E-state index in [1.54, 1.807) is 29.7 Å². The summed E-state index contributed by atoms with van der Waals surface area (Å²) in [5.41, 5.74) is 2.63. The molecule has 2 N–H and O–H groups in total. The van der Waals surface area contributed by atoms with Crippen LogP contribution in [0.4, 0.5) is 0 Å². The number of hydrogen-bond acceptors (Lipinski definition) is 4. The van der Waals surface area contributed by atoms with Crippen molar-refractivity contribution in [2.75, 3.05) is 13.6 Å². The second-order valence-electron chi connectivity index (χ2n) is 6.51. The third kappa shape index (κ3) is 6.33. The summed E-state index contributed by atoms with van der Waals surface area (Å²) in [4.78, 5) is 10.3. The van der Waals surface area contributed by atoms with Gasteiger partial charge in [-0.15, -0.1) is 46.7 Å². The molecule has 0 unspecified atom stereocenters. The van der Waals surface area contributed by atoms with Gasteiger partial charge in [-0.05, 0) is 23.9 Å². The largest absolute Gasteiger partial charge is 0.356 e. The summed E-state index contributed by atoms with van der Waals surface area (Å²) in [6.45, 7) is 10.4. The van der Waals surface area contributed by atoms with Crippen LogP contribution in [-0.4, -0.2) is 24.5 Å². The van der Waals surface area contributed by atoms with Crippen LogP contribution in [0.15, 0.2) is 21.8 Å². The smallest absolute Gasteiger partial charge is 0.191 e. The molecule has 4 nitrogen and oxygen atoms in total. The van der Waals surface area contributed by atoms with E-state index in [0.29, 0.717) is 0 Å². The fraction of sp³-hybridized carbons (Fsp3) is 0.529. The van der Waals surface area contributed by atoms with E-state index in [1.165, 1.54) is 21.1 Å². The molecule has 0 radical (unpaired) electrons. The van der Waals surface area contributed by atoms with Crippen molar-refractivity contribution in [3.8, 4) is 0 Å². The minimum Gasteiger partial charge on any atom is -0.356 e. The van der Waals surface area contributed by atoms with Gasteiger partial charge in [0.05, 0.1) is 17.2 Å². The Labute approximate surface area is 170 Å². The summed E-state index contributed by atoms with van der Waals surface area (Å²) in [5.74, 6) is 0.838. The first-order valence-corrected chi connectivity index (χ1v) is 9.58. The predicted molar refractivity (Wildman–Crippen MR) is 117 cm³/mol. The van der Waals surface area contributed by atoms with Crippen molar-refractivity contribution in [3.05, 3.63) is 38.0 Å². The third-order valence-electron chi connectivity index (χ3n) is 3.56. The number of nitrogens with one attached hydrogen (secondary N) is 2. The Morgan fingerprint density at radius 3 is 2.54 bits per heavy atom. The maximum atomic E-state index is 4.72. The van der Waals surface area contributed by atoms with Crippen molar-refractivity contribution in [2.24, 2.45) is 4.99 Å². The van der Waals surface area contributed by atoms with Crippen molar-refractivity contribution < 1.29 is 0 Å². The molecule has 0 aromatic carbocycles. The second-order valence-corrected chi connectivity index (χ2v) is 8.45. The van der Waals surface area contributed by atoms with E-state index in [1.807, 2.05) is 0 Å². The van der Waals surface area contributed by atoms with Gasteiger partial charge >= 0.3 is 0 Å². The van der Waals surface area contributed by atoms with Gasteiger partial charge in [0.1, 0.15) is 0 Å². The fourth-order valence-corrected chi connectivity index (χ4v) is 3.90. The number of guanidine groups is 1. The zero-order valence-electron chi connectivity index (χ0n) is 15.0. The van der Waals surface area contributed by atoms with Gasteiger partial charge in [-0.3, -0.25) is 4.99 Å². The van der Waals surface area contributed by atoms with Crippen molar-refractivity contribution in [3.63, 3.8) is 0 Å². The van der Waals surface area contributed by atoms with Crippen LogP contribution in [0.2, 0.25) is 0 Å². The van der Waals surface area contributed by atoms with Crippen LogP contribution in [-0.2, 0) is 18.4 Å². The summed E-state index contributed by atoms with van der Waals surface area (Å²) in [6.07, 6.45) is 0.916. The van der Waals surface area contributed by atoms with Crippen molar-refractivity contribution in [1.82, 2.24) is 15.6 Å². The molecule has 7 heteroatoms. The van der Waals surface area contributed by atoms with Gasteiger partial charge in [-0.25, -0.2) is 4.98 Å². The lowest BCUT2D eigenvalue weighted by atomic mass is 9.93. The lowest BCUT2D eigenvalue weighted by Crippen LogP contribution is -2.37. The fourth-order valence-electron chi connectivity index (χ4n) is 2.03. The molecule has 0 aliphatic heterocycles. The molecule has 0 spiro atoms. The van der Waals surface area contributed by atoms with Crippen molar-refractivity contribution in [2.45, 2.75) is 46.1 Å². The van der Waals surface area contributed by atoms with E-state index in [0.717, 1.165) is 25.5 Å². The Kier molecular flexibility index (Phi) is 8.66. The molecule has 0 saturated heterocycles. The monoisotopic (exact) mass is 478 g/mol. The van der Waals surface area contributed by atoms with Gasteiger partial charge in [0.25, 0.3) is 0 Å². The first-order chi connectivity index (χ1) is 10.9. The SMILES string of the molecule is CN=C(NCCc1nc(C(C)(C)C)cs1)NCc1sccc1C.I. The highest BCUT2D eigenvalue weighted by Crippen LogP contribution is 2.23. The Morgan fingerprint density at radius 2 is 2.00 bits per heavy atom. The maximum absolute atomic E-state index is 4.72. The molecule has 2 rings (SSSR count). The molecule has 0 aliphatic rings. The van der Waals surface area contributed by atoms with E-state index >= 15 is 0 Å². The summed E-state index contributed by atoms with van der Waals surface area (Å²) in [7, 11) is 1.80. The van der Waals surface area contributed by atoms with Crippen LogP contribution in [0.1, 0.15) is 41.9 Å². The zero-order valence-corrected chi connectivity index (χ0v) is 18.9. The second kappa shape index (κ2) is 9.72. The van der Waals surface area contributed by atoms with Crippen LogP contribution >= 0.6 is 46.7 Å². The quantitative estimate of drug-likeness (QED) is 0.382. The summed E-state index contributed by atoms with van der Waals surface area (Å²) >= 11 is 3.51. The maximum Gasteiger partial charge on any atom is 0.191 e. The Balaban J connectivity index is 0.00000288. The van der Waals surface area contributed by atoms with E-state index < -0.39 is 0 Å². The van der Waals surface area contributed by atoms with Gasteiger partial charge in [0, 0.05) is 35.7 Å². The number of rotatable bonds is 5. The normalized spacial score (nSPS) is 12.0. The minimum atomic E-state index is 0. The molecule has 0 saturated carbocycles. The number of aryl methyl sites for hydroxylation is 1. The number of hydrogen-bond donors (Lipinski definition) is 2. The standard InChI is InChI=1S/C17H26N4S2.HI/c1-12-7-9-22-13(12)10-20-16(18-5)19-8-6-15-21-14(11-23-15)17(2,3)4;/h7,9,11H,6,8,10H2,1-5H3,(H2,18,19,20);1H. The van der Waals surface area contributed by atoms with Crippen LogP contribution in [0.3, 0.4) is 0 Å². The van der Waals surface area contributed by atoms with Crippen LogP contribution in [0, 0.1) is 6.92 Å². The summed E-state index contributed by atoms with van der Waals surface area (Å²) in [6, 6.07) is 2.15. The molecule has 2 heterocycles. The highest BCUT2D eigenvalue weighted by Gasteiger charge is 2.17. The first kappa shape index (κ1) is 21.4. The summed E-state index contributed by atoms with van der Waals surface area (Å²) in [5, 5.41) is 12.2. The molecular weight excluding hydrogens is 451 g/mol. The number of thiazole rings is 1. The lowest BCUT2D eigenvalue weighted by Gasteiger charge is -2.14. The van der Waals surface area contributed by atoms with Gasteiger partial charge < -0.3 is 10.6 Å². The Morgan fingerprint density at radius 1 is 1.25 bits per heavy atom. The molecule has 0 amide bonds. The third-order valence-corrected chi connectivity index (χ3v) is 5.49. The van der Waals surface area contributed by atoms with E-state index in [-0.39, 0.29) is 29.4 Å². The van der Waals surface area contributed by atoms with Crippen molar-refractivity contribution >= 4 is 52.6 Å². The molecule has 0 aliphatic carbocycles. The Bertz CT molecular complexity index is 656. The molecular formula is C17H27IN4S2. The molecule has 24 heavy (non-hydrogen) atoms. The van der Waals surface area contributed by atoms with Crippen molar-refractivity contribution in [1.29, 1.82) is 0 Å². The number of halogens is 1. The van der Waals surface area contributed by atoms with Gasteiger partial charge in [-0.1, -0.05) is 20.8 Å². The molecule has 2 aromatic heterocycles. The number of nitrogens with zero attached hydrogens (tertiary/aromatic N) is 2. The predicted octanol–water partition coefficient (Wildman–Crippen LogP) is 4.34. The summed E-state index contributed by atoms with van der Waals surface area (Å²) < 4.78 is 0. The highest BCUT2D eigenvalue weighted by atomic mass is 127. The van der Waals surface area contributed by atoms with E-state index in [9.17, 15) is 0 Å². The number of aliphatic imine (C=N–C) groups is 1. The number of thiophene rings is 1. The molecule has 2 aromatic rings. The molecule has 0 atom stereocenters. The lowest BCUT2D eigenvalue weighted by molar-refractivity contribution is 0.570. The van der Waals surface area contributed by atoms with E-state index in [4.69, 9.17) is 4.98 Å². The van der Waals surface area contributed by atoms with Crippen LogP contribution in [0.25, 0.3) is 0 Å². The first-order valence-electron chi connectivity index (χ1n) is 7.82. The number of aromatic nitrogens is 1. The zero-order chi connectivity index (χ0) is 16.9.